The van der Waals surface area contributed by atoms with E-state index in [0.29, 0.717) is 35.2 Å². The molecule has 1 saturated heterocycles. The van der Waals surface area contributed by atoms with Crippen molar-refractivity contribution in [2.24, 2.45) is 5.92 Å². The SMILES string of the molecule is CCOC(=O)COc1cccc(Sc2ccc(/C=C/CN3CCC(C(=O)O)CC3)c(Cl)c2Cl)c1. The number of piperidine rings is 1. The minimum Gasteiger partial charge on any atom is -0.482 e. The number of aliphatic carboxylic acids is 1. The molecule has 0 amide bonds. The van der Waals surface area contributed by atoms with Gasteiger partial charge < -0.3 is 14.6 Å². The highest BCUT2D eigenvalue weighted by molar-refractivity contribution is 7.99. The first-order valence-corrected chi connectivity index (χ1v) is 12.6. The number of benzene rings is 2. The molecule has 0 saturated carbocycles. The molecule has 0 radical (unpaired) electrons. The van der Waals surface area contributed by atoms with Gasteiger partial charge in [-0.05, 0) is 62.7 Å². The molecule has 2 aromatic rings. The minimum atomic E-state index is -0.703. The van der Waals surface area contributed by atoms with Gasteiger partial charge in [-0.2, -0.15) is 0 Å². The number of ether oxygens (including phenoxy) is 2. The second-order valence-electron chi connectivity index (χ2n) is 7.77. The Labute approximate surface area is 213 Å². The maximum atomic E-state index is 11.5. The zero-order valence-electron chi connectivity index (χ0n) is 18.8. The standard InChI is InChI=1S/C25H27Cl2NO5S/c1-2-32-22(29)16-33-19-6-3-7-20(15-19)34-21-9-8-17(23(26)24(21)27)5-4-12-28-13-10-18(11-14-28)25(30)31/h3-9,15,18H,2,10-14,16H2,1H3,(H,30,31)/b5-4+. The molecule has 0 spiro atoms. The summed E-state index contributed by atoms with van der Waals surface area (Å²) in [5, 5.41) is 10.1. The second kappa shape index (κ2) is 13.0. The first kappa shape index (κ1) is 26.4. The third-order valence-electron chi connectivity index (χ3n) is 5.37. The molecule has 34 heavy (non-hydrogen) atoms. The molecule has 2 aromatic carbocycles. The van der Waals surface area contributed by atoms with Crippen LogP contribution in [0.25, 0.3) is 6.08 Å². The van der Waals surface area contributed by atoms with Gasteiger partial charge >= 0.3 is 11.9 Å². The van der Waals surface area contributed by atoms with Crippen molar-refractivity contribution in [1.82, 2.24) is 4.90 Å². The minimum absolute atomic E-state index is 0.146. The van der Waals surface area contributed by atoms with E-state index in [9.17, 15) is 9.59 Å². The molecule has 1 heterocycles. The Balaban J connectivity index is 1.58. The summed E-state index contributed by atoms with van der Waals surface area (Å²) in [4.78, 5) is 26.5. The summed E-state index contributed by atoms with van der Waals surface area (Å²) in [6.45, 7) is 4.19. The fourth-order valence-electron chi connectivity index (χ4n) is 3.54. The fraction of sp³-hybridized carbons (Fsp3) is 0.360. The molecular weight excluding hydrogens is 497 g/mol. The van der Waals surface area contributed by atoms with Crippen molar-refractivity contribution in [2.45, 2.75) is 29.6 Å². The van der Waals surface area contributed by atoms with Gasteiger partial charge in [-0.15, -0.1) is 0 Å². The van der Waals surface area contributed by atoms with E-state index in [1.807, 2.05) is 42.5 Å². The van der Waals surface area contributed by atoms with E-state index < -0.39 is 11.9 Å². The molecule has 0 unspecified atom stereocenters. The smallest absolute Gasteiger partial charge is 0.344 e. The van der Waals surface area contributed by atoms with E-state index >= 15 is 0 Å². The number of rotatable bonds is 10. The van der Waals surface area contributed by atoms with Crippen LogP contribution >= 0.6 is 35.0 Å². The van der Waals surface area contributed by atoms with Crippen LogP contribution in [0, 0.1) is 5.92 Å². The van der Waals surface area contributed by atoms with Crippen LogP contribution in [0.3, 0.4) is 0 Å². The van der Waals surface area contributed by atoms with E-state index in [2.05, 4.69) is 4.90 Å². The van der Waals surface area contributed by atoms with Crippen LogP contribution < -0.4 is 4.74 Å². The Hall–Kier alpha value is -2.19. The number of nitrogens with zero attached hydrogens (tertiary/aromatic N) is 1. The highest BCUT2D eigenvalue weighted by atomic mass is 35.5. The molecule has 0 aromatic heterocycles. The Morgan fingerprint density at radius 2 is 1.94 bits per heavy atom. The van der Waals surface area contributed by atoms with Gasteiger partial charge in [0.15, 0.2) is 6.61 Å². The predicted molar refractivity (Wildman–Crippen MR) is 135 cm³/mol. The van der Waals surface area contributed by atoms with Crippen molar-refractivity contribution in [3.63, 3.8) is 0 Å². The van der Waals surface area contributed by atoms with Gasteiger partial charge in [0.05, 0.1) is 22.6 Å². The molecule has 3 rings (SSSR count). The summed E-state index contributed by atoms with van der Waals surface area (Å²) in [6, 6.07) is 11.2. The number of hydrogen-bond acceptors (Lipinski definition) is 6. The highest BCUT2D eigenvalue weighted by Crippen LogP contribution is 2.40. The van der Waals surface area contributed by atoms with Gasteiger partial charge in [0.2, 0.25) is 0 Å². The van der Waals surface area contributed by atoms with E-state index in [0.717, 1.165) is 35.0 Å². The van der Waals surface area contributed by atoms with Gasteiger partial charge in [-0.3, -0.25) is 9.69 Å². The van der Waals surface area contributed by atoms with Crippen molar-refractivity contribution in [2.75, 3.05) is 32.8 Å². The van der Waals surface area contributed by atoms with Crippen LogP contribution in [-0.4, -0.2) is 54.8 Å². The van der Waals surface area contributed by atoms with Crippen LogP contribution in [0.15, 0.2) is 52.3 Å². The largest absolute Gasteiger partial charge is 0.482 e. The lowest BCUT2D eigenvalue weighted by Gasteiger charge is -2.28. The molecule has 182 valence electrons. The van der Waals surface area contributed by atoms with E-state index in [1.54, 1.807) is 13.0 Å². The van der Waals surface area contributed by atoms with E-state index in [-0.39, 0.29) is 12.5 Å². The van der Waals surface area contributed by atoms with E-state index in [4.69, 9.17) is 37.8 Å². The zero-order valence-corrected chi connectivity index (χ0v) is 21.2. The summed E-state index contributed by atoms with van der Waals surface area (Å²) < 4.78 is 10.4. The maximum Gasteiger partial charge on any atom is 0.344 e. The zero-order chi connectivity index (χ0) is 24.5. The Kier molecular flexibility index (Phi) is 10.1. The quantitative estimate of drug-likeness (QED) is 0.388. The Morgan fingerprint density at radius 1 is 1.18 bits per heavy atom. The van der Waals surface area contributed by atoms with Crippen molar-refractivity contribution >= 4 is 53.0 Å². The monoisotopic (exact) mass is 523 g/mol. The molecule has 1 aliphatic rings. The van der Waals surface area contributed by atoms with Gasteiger partial charge in [0.1, 0.15) is 5.75 Å². The number of carbonyl (C=O) groups is 2. The van der Waals surface area contributed by atoms with Crippen molar-refractivity contribution in [3.05, 3.63) is 58.1 Å². The molecule has 0 aliphatic carbocycles. The molecule has 1 fully saturated rings. The lowest BCUT2D eigenvalue weighted by Crippen LogP contribution is -2.36. The Morgan fingerprint density at radius 3 is 2.65 bits per heavy atom. The topological polar surface area (TPSA) is 76.1 Å². The molecule has 1 N–H and O–H groups in total. The van der Waals surface area contributed by atoms with Gasteiger partial charge in [-0.1, -0.05) is 59.2 Å². The fourth-order valence-corrected chi connectivity index (χ4v) is 5.02. The number of carboxylic acids is 1. The van der Waals surface area contributed by atoms with Gasteiger partial charge in [0, 0.05) is 16.3 Å². The normalized spacial score (nSPS) is 14.9. The average molecular weight is 524 g/mol. The third-order valence-corrected chi connectivity index (χ3v) is 7.43. The van der Waals surface area contributed by atoms with Crippen LogP contribution in [0.4, 0.5) is 0 Å². The lowest BCUT2D eigenvalue weighted by atomic mass is 9.97. The van der Waals surface area contributed by atoms with Gasteiger partial charge in [0.25, 0.3) is 0 Å². The average Bonchev–Trinajstić information content (AvgIpc) is 2.83. The molecule has 0 atom stereocenters. The van der Waals surface area contributed by atoms with Crippen LogP contribution in [0.2, 0.25) is 10.0 Å². The number of carbonyl (C=O) groups excluding carboxylic acids is 1. The van der Waals surface area contributed by atoms with Crippen LogP contribution in [-0.2, 0) is 14.3 Å². The summed E-state index contributed by atoms with van der Waals surface area (Å²) in [7, 11) is 0. The molecular formula is C25H27Cl2NO5S. The second-order valence-corrected chi connectivity index (χ2v) is 9.64. The first-order valence-electron chi connectivity index (χ1n) is 11.0. The molecule has 9 heteroatoms. The van der Waals surface area contributed by atoms with E-state index in [1.165, 1.54) is 11.8 Å². The summed E-state index contributed by atoms with van der Waals surface area (Å²) in [6.07, 6.45) is 5.32. The van der Waals surface area contributed by atoms with Crippen LogP contribution in [0.5, 0.6) is 5.75 Å². The Bertz CT molecular complexity index is 1040. The number of likely N-dealkylation sites (tertiary alicyclic amines) is 1. The summed E-state index contributed by atoms with van der Waals surface area (Å²) >= 11 is 14.5. The molecule has 0 bridgehead atoms. The molecule has 1 aliphatic heterocycles. The van der Waals surface area contributed by atoms with Crippen molar-refractivity contribution < 1.29 is 24.2 Å². The number of halogens is 2. The van der Waals surface area contributed by atoms with Crippen LogP contribution in [0.1, 0.15) is 25.3 Å². The summed E-state index contributed by atoms with van der Waals surface area (Å²) in [5.74, 6) is -0.787. The lowest BCUT2D eigenvalue weighted by molar-refractivity contribution is -0.145. The number of carboxylic acid groups (broad SMARTS) is 1. The van der Waals surface area contributed by atoms with Crippen molar-refractivity contribution in [3.8, 4) is 5.75 Å². The number of hydrogen-bond donors (Lipinski definition) is 1. The highest BCUT2D eigenvalue weighted by Gasteiger charge is 2.23. The predicted octanol–water partition coefficient (Wildman–Crippen LogP) is 5.90. The van der Waals surface area contributed by atoms with Gasteiger partial charge in [-0.25, -0.2) is 4.79 Å². The number of esters is 1. The third kappa shape index (κ3) is 7.67. The van der Waals surface area contributed by atoms with Crippen molar-refractivity contribution in [1.29, 1.82) is 0 Å². The summed E-state index contributed by atoms with van der Waals surface area (Å²) in [5.41, 5.74) is 0.822. The maximum absolute atomic E-state index is 11.5. The first-order chi connectivity index (χ1) is 16.4. The molecule has 6 nitrogen and oxygen atoms in total.